The zero-order chi connectivity index (χ0) is 18.2. The molecule has 0 atom stereocenters. The molecule has 1 amide bonds. The fourth-order valence-electron chi connectivity index (χ4n) is 1.23. The summed E-state index contributed by atoms with van der Waals surface area (Å²) in [5, 5.41) is 11.9. The summed E-state index contributed by atoms with van der Waals surface area (Å²) in [4.78, 5) is 40.8. The van der Waals surface area contributed by atoms with Crippen LogP contribution in [0, 0.1) is 0 Å². The van der Waals surface area contributed by atoms with Gasteiger partial charge in [-0.2, -0.15) is 0 Å². The van der Waals surface area contributed by atoms with Crippen LogP contribution in [0.3, 0.4) is 0 Å². The second-order valence-electron chi connectivity index (χ2n) is 6.92. The van der Waals surface area contributed by atoms with Crippen molar-refractivity contribution >= 4 is 19.2 Å². The normalized spacial score (nSPS) is 12.2. The first-order valence-electron chi connectivity index (χ1n) is 6.66. The number of quaternary nitrogens is 2. The minimum atomic E-state index is -5.09. The number of hydrogen-bond donors (Lipinski definition) is 1. The van der Waals surface area contributed by atoms with Gasteiger partial charge in [0.15, 0.2) is 0 Å². The molecule has 132 valence electrons. The van der Waals surface area contributed by atoms with Gasteiger partial charge < -0.3 is 38.5 Å². The summed E-state index contributed by atoms with van der Waals surface area (Å²) in [5.41, 5.74) is -1.42. The molecule has 0 aliphatic carbocycles. The quantitative estimate of drug-likeness (QED) is 0.301. The molecule has 0 fully saturated rings. The van der Waals surface area contributed by atoms with E-state index in [-0.39, 0.29) is 13.1 Å². The monoisotopic (exact) mass is 340 g/mol. The van der Waals surface area contributed by atoms with Crippen LogP contribution in [-0.4, -0.2) is 82.5 Å². The summed E-state index contributed by atoms with van der Waals surface area (Å²) in [5.74, 6) is -1.00. The summed E-state index contributed by atoms with van der Waals surface area (Å²) in [6.07, 6.45) is 0.634. The average molecular weight is 340 g/mol. The van der Waals surface area contributed by atoms with Crippen molar-refractivity contribution in [3.63, 3.8) is 0 Å². The summed E-state index contributed by atoms with van der Waals surface area (Å²) in [7, 11) is 6.25. The van der Waals surface area contributed by atoms with Gasteiger partial charge >= 0.3 is 0 Å². The molecular formula is C12H27N3O6P-. The average Bonchev–Trinajstić information content (AvgIpc) is 2.18. The summed E-state index contributed by atoms with van der Waals surface area (Å²) >= 11 is 0. The van der Waals surface area contributed by atoms with Crippen LogP contribution in [0.15, 0.2) is 0 Å². The van der Waals surface area contributed by atoms with E-state index in [4.69, 9.17) is 0 Å². The maximum Gasteiger partial charge on any atom is 0.249 e. The van der Waals surface area contributed by atoms with Gasteiger partial charge in [0, 0.05) is 20.6 Å². The zero-order valence-corrected chi connectivity index (χ0v) is 15.0. The summed E-state index contributed by atoms with van der Waals surface area (Å²) in [6.45, 7) is 1.07. The molecule has 0 spiro atoms. The Morgan fingerprint density at radius 1 is 1.00 bits per heavy atom. The van der Waals surface area contributed by atoms with E-state index in [2.05, 4.69) is 5.32 Å². The van der Waals surface area contributed by atoms with Gasteiger partial charge in [0.05, 0.1) is 54.8 Å². The maximum atomic E-state index is 10.6. The number of aliphatic carboxylic acids is 1. The van der Waals surface area contributed by atoms with Crippen molar-refractivity contribution < 1.29 is 38.0 Å². The highest BCUT2D eigenvalue weighted by Gasteiger charge is 2.08. The molecule has 10 heteroatoms. The van der Waals surface area contributed by atoms with Gasteiger partial charge in [0.1, 0.15) is 6.54 Å². The number of nitrogens with one attached hydrogen (secondary N) is 1. The second-order valence-corrected chi connectivity index (χ2v) is 8.32. The highest BCUT2D eigenvalue weighted by molar-refractivity contribution is 7.67. The third-order valence-corrected chi connectivity index (χ3v) is 2.79. The Morgan fingerprint density at radius 3 is 1.68 bits per heavy atom. The van der Waals surface area contributed by atoms with E-state index in [1.165, 1.54) is 0 Å². The Hall–Kier alpha value is -0.990. The largest absolute Gasteiger partial charge is 0.804 e. The van der Waals surface area contributed by atoms with Gasteiger partial charge in [-0.05, 0) is 0 Å². The Labute approximate surface area is 131 Å². The molecule has 0 aromatic carbocycles. The first-order chi connectivity index (χ1) is 9.54. The van der Waals surface area contributed by atoms with E-state index in [1.807, 2.05) is 21.1 Å². The van der Waals surface area contributed by atoms with Gasteiger partial charge in [-0.25, -0.2) is 0 Å². The fraction of sp³-hybridized carbons (Fsp3) is 0.833. The standard InChI is InChI=1S/C7H17N2O4P.C5H11NO2/c1-9(2,3)6-4-5-8-7(10)14(11,12)13;1-6(2,3)4-5(7)8/h4-6H2,1-3H3,(H2-,8,10,11,12,13);4H2,1-3H3/p-1. The Morgan fingerprint density at radius 2 is 1.45 bits per heavy atom. The molecule has 0 rings (SSSR count). The van der Waals surface area contributed by atoms with Crippen LogP contribution < -0.4 is 20.2 Å². The molecule has 0 aliphatic heterocycles. The molecular weight excluding hydrogens is 313 g/mol. The Balaban J connectivity index is 0. The lowest BCUT2D eigenvalue weighted by atomic mass is 10.4. The van der Waals surface area contributed by atoms with Gasteiger partial charge in [0.2, 0.25) is 5.65 Å². The van der Waals surface area contributed by atoms with Crippen LogP contribution in [0.4, 0.5) is 4.79 Å². The number of carbonyl (C=O) groups is 2. The molecule has 9 nitrogen and oxygen atoms in total. The second kappa shape index (κ2) is 9.22. The lowest BCUT2D eigenvalue weighted by Crippen LogP contribution is -2.45. The highest BCUT2D eigenvalue weighted by Crippen LogP contribution is 2.22. The molecule has 0 saturated heterocycles. The molecule has 0 aliphatic rings. The predicted octanol–water partition coefficient (Wildman–Crippen LogP) is -2.85. The third-order valence-electron chi connectivity index (χ3n) is 2.13. The Bertz CT molecular complexity index is 408. The molecule has 0 aromatic rings. The van der Waals surface area contributed by atoms with Crippen molar-refractivity contribution in [2.45, 2.75) is 6.42 Å². The number of likely N-dealkylation sites (N-methyl/N-ethyl adjacent to an activating group) is 1. The maximum absolute atomic E-state index is 10.6. The van der Waals surface area contributed by atoms with E-state index < -0.39 is 19.2 Å². The molecule has 0 bridgehead atoms. The number of nitrogens with zero attached hydrogens (tertiary/aromatic N) is 2. The van der Waals surface area contributed by atoms with E-state index in [9.17, 15) is 29.0 Å². The van der Waals surface area contributed by atoms with E-state index in [1.54, 1.807) is 21.1 Å². The number of carboxylic acids is 1. The van der Waals surface area contributed by atoms with Crippen molar-refractivity contribution in [2.24, 2.45) is 0 Å². The molecule has 0 heterocycles. The molecule has 0 unspecified atom stereocenters. The van der Waals surface area contributed by atoms with Crippen LogP contribution in [0.1, 0.15) is 6.42 Å². The molecule has 1 N–H and O–H groups in total. The zero-order valence-electron chi connectivity index (χ0n) is 14.1. The molecule has 0 saturated carbocycles. The molecule has 22 heavy (non-hydrogen) atoms. The van der Waals surface area contributed by atoms with Gasteiger partial charge in [0.25, 0.3) is 0 Å². The predicted molar refractivity (Wildman–Crippen MR) is 76.4 cm³/mol. The number of carbonyl (C=O) groups excluding carboxylic acids is 2. The number of amides is 1. The Kier molecular flexibility index (Phi) is 9.75. The number of rotatable bonds is 7. The topological polar surface area (TPSA) is 132 Å². The van der Waals surface area contributed by atoms with Gasteiger partial charge in [-0.15, -0.1) is 0 Å². The first-order valence-corrected chi connectivity index (χ1v) is 8.20. The van der Waals surface area contributed by atoms with Crippen molar-refractivity contribution in [1.29, 1.82) is 0 Å². The minimum Gasteiger partial charge on any atom is -0.804 e. The molecule has 0 aromatic heterocycles. The van der Waals surface area contributed by atoms with Crippen LogP contribution >= 0.6 is 7.60 Å². The first kappa shape index (κ1) is 23.3. The van der Waals surface area contributed by atoms with Crippen LogP contribution in [0.2, 0.25) is 0 Å². The lowest BCUT2D eigenvalue weighted by molar-refractivity contribution is -0.870. The van der Waals surface area contributed by atoms with Crippen molar-refractivity contribution in [3.8, 4) is 0 Å². The van der Waals surface area contributed by atoms with E-state index in [0.29, 0.717) is 10.9 Å². The minimum absolute atomic E-state index is 0.0694. The summed E-state index contributed by atoms with van der Waals surface area (Å²) < 4.78 is 11.3. The van der Waals surface area contributed by atoms with Gasteiger partial charge in [-0.3, -0.25) is 4.79 Å². The van der Waals surface area contributed by atoms with E-state index >= 15 is 0 Å². The molecule has 0 radical (unpaired) electrons. The van der Waals surface area contributed by atoms with Gasteiger partial charge in [-0.1, -0.05) is 0 Å². The van der Waals surface area contributed by atoms with Crippen molar-refractivity contribution in [2.75, 3.05) is 61.9 Å². The van der Waals surface area contributed by atoms with Crippen molar-refractivity contribution in [1.82, 2.24) is 5.32 Å². The van der Waals surface area contributed by atoms with Crippen LogP contribution in [-0.2, 0) is 9.36 Å². The van der Waals surface area contributed by atoms with Crippen molar-refractivity contribution in [3.05, 3.63) is 0 Å². The highest BCUT2D eigenvalue weighted by atomic mass is 31.2. The number of carboxylic acid groups (broad SMARTS) is 1. The number of hydrogen-bond acceptors (Lipinski definition) is 6. The SMILES string of the molecule is C[N+](C)(C)CC(=O)[O-].C[N+](C)(C)CCCNC(=O)P(=O)([O-])[O-]. The lowest BCUT2D eigenvalue weighted by Gasteiger charge is -2.28. The third kappa shape index (κ3) is 19.0. The fourth-order valence-corrected chi connectivity index (χ4v) is 1.54. The van der Waals surface area contributed by atoms with Crippen LogP contribution in [0.5, 0.6) is 0 Å². The van der Waals surface area contributed by atoms with Crippen LogP contribution in [0.25, 0.3) is 0 Å². The van der Waals surface area contributed by atoms with E-state index in [0.717, 1.165) is 11.0 Å². The smallest absolute Gasteiger partial charge is 0.249 e. The summed E-state index contributed by atoms with van der Waals surface area (Å²) in [6, 6.07) is 0.